The molecule has 0 bridgehead atoms. The van der Waals surface area contributed by atoms with Crippen LogP contribution in [0.5, 0.6) is 11.5 Å². The van der Waals surface area contributed by atoms with Gasteiger partial charge in [-0.3, -0.25) is 4.79 Å². The van der Waals surface area contributed by atoms with Crippen LogP contribution in [0.1, 0.15) is 24.5 Å². The predicted molar refractivity (Wildman–Crippen MR) is 98.4 cm³/mol. The van der Waals surface area contributed by atoms with Crippen LogP contribution in [0.3, 0.4) is 0 Å². The molecular formula is C21H22F3NO3. The van der Waals surface area contributed by atoms with E-state index in [1.165, 1.54) is 23.8 Å². The Morgan fingerprint density at radius 1 is 1.14 bits per heavy atom. The number of aryl methyl sites for hydroxylation is 1. The molecule has 0 unspecified atom stereocenters. The van der Waals surface area contributed by atoms with Crippen molar-refractivity contribution in [1.29, 1.82) is 0 Å². The summed E-state index contributed by atoms with van der Waals surface area (Å²) >= 11 is 0. The molecule has 1 heterocycles. The lowest BCUT2D eigenvalue weighted by Crippen LogP contribution is -2.34. The molecule has 0 radical (unpaired) electrons. The molecule has 1 saturated heterocycles. The highest BCUT2D eigenvalue weighted by Gasteiger charge is 2.36. The second-order valence-electron chi connectivity index (χ2n) is 6.65. The first-order valence-electron chi connectivity index (χ1n) is 9.19. The highest BCUT2D eigenvalue weighted by molar-refractivity contribution is 5.78. The third-order valence-electron chi connectivity index (χ3n) is 4.68. The zero-order valence-corrected chi connectivity index (χ0v) is 15.5. The molecule has 0 aromatic heterocycles. The normalized spacial score (nSPS) is 16.9. The summed E-state index contributed by atoms with van der Waals surface area (Å²) in [6.45, 7) is 2.61. The zero-order chi connectivity index (χ0) is 20.1. The second kappa shape index (κ2) is 8.54. The van der Waals surface area contributed by atoms with E-state index in [0.29, 0.717) is 18.7 Å². The summed E-state index contributed by atoms with van der Waals surface area (Å²) in [5, 5.41) is 0. The summed E-state index contributed by atoms with van der Waals surface area (Å²) in [6, 6.07) is 12.6. The zero-order valence-electron chi connectivity index (χ0n) is 15.5. The molecular weight excluding hydrogens is 371 g/mol. The Kier molecular flexibility index (Phi) is 6.11. The minimum Gasteiger partial charge on any atom is -0.488 e. The van der Waals surface area contributed by atoms with Crippen molar-refractivity contribution in [2.24, 2.45) is 0 Å². The molecule has 1 fully saturated rings. The van der Waals surface area contributed by atoms with E-state index in [1.54, 1.807) is 4.90 Å². The van der Waals surface area contributed by atoms with Crippen molar-refractivity contribution >= 4 is 5.91 Å². The molecule has 1 atom stereocenters. The fourth-order valence-corrected chi connectivity index (χ4v) is 3.09. The maximum atomic E-state index is 13.1. The minimum atomic E-state index is -4.48. The number of ether oxygens (including phenoxy) is 2. The maximum Gasteiger partial charge on any atom is 0.419 e. The summed E-state index contributed by atoms with van der Waals surface area (Å²) in [4.78, 5) is 13.9. The topological polar surface area (TPSA) is 38.8 Å². The number of carbonyl (C=O) groups is 1. The number of nitrogens with zero attached hydrogens (tertiary/aromatic N) is 1. The van der Waals surface area contributed by atoms with Crippen LogP contribution in [0.4, 0.5) is 13.2 Å². The summed E-state index contributed by atoms with van der Waals surface area (Å²) in [5.41, 5.74) is 0.371. The Morgan fingerprint density at radius 3 is 2.54 bits per heavy atom. The molecule has 3 rings (SSSR count). The molecule has 7 heteroatoms. The Morgan fingerprint density at radius 2 is 1.86 bits per heavy atom. The van der Waals surface area contributed by atoms with Gasteiger partial charge in [0.1, 0.15) is 17.6 Å². The van der Waals surface area contributed by atoms with Crippen LogP contribution < -0.4 is 9.47 Å². The van der Waals surface area contributed by atoms with E-state index in [4.69, 9.17) is 9.47 Å². The smallest absolute Gasteiger partial charge is 0.419 e. The van der Waals surface area contributed by atoms with Crippen LogP contribution in [0, 0.1) is 0 Å². The largest absolute Gasteiger partial charge is 0.488 e. The SMILES string of the molecule is CCc1ccc(OCC(=O)N2CC[C@@H](Oc3ccccc3C(F)(F)F)C2)cc1. The average molecular weight is 393 g/mol. The molecule has 1 aliphatic rings. The number of para-hydroxylation sites is 1. The molecule has 2 aromatic carbocycles. The lowest BCUT2D eigenvalue weighted by molar-refractivity contribution is -0.139. The van der Waals surface area contributed by atoms with E-state index in [-0.39, 0.29) is 24.8 Å². The Balaban J connectivity index is 1.53. The summed E-state index contributed by atoms with van der Waals surface area (Å²) < 4.78 is 50.3. The Labute approximate surface area is 161 Å². The van der Waals surface area contributed by atoms with E-state index < -0.39 is 17.8 Å². The lowest BCUT2D eigenvalue weighted by Gasteiger charge is -2.19. The molecule has 28 heavy (non-hydrogen) atoms. The van der Waals surface area contributed by atoms with E-state index in [1.807, 2.05) is 24.3 Å². The van der Waals surface area contributed by atoms with Gasteiger partial charge in [-0.05, 0) is 36.2 Å². The van der Waals surface area contributed by atoms with Crippen LogP contribution >= 0.6 is 0 Å². The summed E-state index contributed by atoms with van der Waals surface area (Å²) in [6.07, 6.45) is -3.56. The number of halogens is 3. The van der Waals surface area contributed by atoms with Gasteiger partial charge in [-0.15, -0.1) is 0 Å². The van der Waals surface area contributed by atoms with Gasteiger partial charge < -0.3 is 14.4 Å². The fourth-order valence-electron chi connectivity index (χ4n) is 3.09. The molecule has 1 aliphatic heterocycles. The first-order chi connectivity index (χ1) is 13.4. The van der Waals surface area contributed by atoms with Gasteiger partial charge in [-0.25, -0.2) is 0 Å². The van der Waals surface area contributed by atoms with Crippen molar-refractivity contribution in [3.8, 4) is 11.5 Å². The van der Waals surface area contributed by atoms with Crippen molar-refractivity contribution in [2.75, 3.05) is 19.7 Å². The lowest BCUT2D eigenvalue weighted by atomic mass is 10.2. The molecule has 0 aliphatic carbocycles. The molecule has 1 amide bonds. The molecule has 4 nitrogen and oxygen atoms in total. The molecule has 0 N–H and O–H groups in total. The number of carbonyl (C=O) groups excluding carboxylic acids is 1. The van der Waals surface area contributed by atoms with Crippen LogP contribution in [0.2, 0.25) is 0 Å². The van der Waals surface area contributed by atoms with Gasteiger partial charge in [0.15, 0.2) is 6.61 Å². The second-order valence-corrected chi connectivity index (χ2v) is 6.65. The van der Waals surface area contributed by atoms with Gasteiger partial charge in [-0.2, -0.15) is 13.2 Å². The standard InChI is InChI=1S/C21H22F3NO3/c1-2-15-7-9-16(10-8-15)27-14-20(26)25-12-11-17(13-25)28-19-6-4-3-5-18(19)21(22,23)24/h3-10,17H,2,11-14H2,1H3/t17-/m1/s1. The average Bonchev–Trinajstić information content (AvgIpc) is 3.14. The highest BCUT2D eigenvalue weighted by atomic mass is 19.4. The highest BCUT2D eigenvalue weighted by Crippen LogP contribution is 2.36. The van der Waals surface area contributed by atoms with Gasteiger partial charge in [-0.1, -0.05) is 31.2 Å². The number of benzene rings is 2. The van der Waals surface area contributed by atoms with Crippen LogP contribution in [-0.4, -0.2) is 36.6 Å². The number of rotatable bonds is 6. The predicted octanol–water partition coefficient (Wildman–Crippen LogP) is 4.33. The van der Waals surface area contributed by atoms with Crippen molar-refractivity contribution in [3.05, 3.63) is 59.7 Å². The summed E-state index contributed by atoms with van der Waals surface area (Å²) in [5.74, 6) is 0.188. The third kappa shape index (κ3) is 4.97. The third-order valence-corrected chi connectivity index (χ3v) is 4.68. The van der Waals surface area contributed by atoms with Gasteiger partial charge in [0.05, 0.1) is 12.1 Å². The van der Waals surface area contributed by atoms with Crippen LogP contribution in [0.25, 0.3) is 0 Å². The maximum absolute atomic E-state index is 13.1. The van der Waals surface area contributed by atoms with Gasteiger partial charge in [0, 0.05) is 13.0 Å². The molecule has 0 spiro atoms. The van der Waals surface area contributed by atoms with E-state index in [9.17, 15) is 18.0 Å². The number of likely N-dealkylation sites (tertiary alicyclic amines) is 1. The number of amides is 1. The van der Waals surface area contributed by atoms with Crippen molar-refractivity contribution in [3.63, 3.8) is 0 Å². The number of hydrogen-bond donors (Lipinski definition) is 0. The fraction of sp³-hybridized carbons (Fsp3) is 0.381. The quantitative estimate of drug-likeness (QED) is 0.734. The van der Waals surface area contributed by atoms with Crippen molar-refractivity contribution in [1.82, 2.24) is 4.90 Å². The Hall–Kier alpha value is -2.70. The van der Waals surface area contributed by atoms with Crippen molar-refractivity contribution < 1.29 is 27.4 Å². The van der Waals surface area contributed by atoms with Gasteiger partial charge in [0.2, 0.25) is 0 Å². The molecule has 2 aromatic rings. The van der Waals surface area contributed by atoms with E-state index >= 15 is 0 Å². The first kappa shape index (κ1) is 20.0. The molecule has 0 saturated carbocycles. The molecule has 150 valence electrons. The first-order valence-corrected chi connectivity index (χ1v) is 9.19. The van der Waals surface area contributed by atoms with Gasteiger partial charge >= 0.3 is 6.18 Å². The van der Waals surface area contributed by atoms with Crippen molar-refractivity contribution in [2.45, 2.75) is 32.0 Å². The number of hydrogen-bond acceptors (Lipinski definition) is 3. The van der Waals surface area contributed by atoms with E-state index in [2.05, 4.69) is 6.92 Å². The Bertz CT molecular complexity index is 805. The van der Waals surface area contributed by atoms with Crippen LogP contribution in [-0.2, 0) is 17.4 Å². The monoisotopic (exact) mass is 393 g/mol. The summed E-state index contributed by atoms with van der Waals surface area (Å²) in [7, 11) is 0. The number of alkyl halides is 3. The minimum absolute atomic E-state index is 0.114. The van der Waals surface area contributed by atoms with Crippen LogP contribution in [0.15, 0.2) is 48.5 Å². The van der Waals surface area contributed by atoms with Gasteiger partial charge in [0.25, 0.3) is 5.91 Å². The van der Waals surface area contributed by atoms with E-state index in [0.717, 1.165) is 12.5 Å².